The smallest absolute Gasteiger partial charge is 0.261 e. The number of hydrogen-bond acceptors (Lipinski definition) is 25. The number of nitrogens with one attached hydrogen (secondary N) is 1. The van der Waals surface area contributed by atoms with Crippen molar-refractivity contribution in [3.05, 3.63) is 277 Å². The number of carbonyl (C=O) groups excluding carboxylic acids is 5. The van der Waals surface area contributed by atoms with Crippen molar-refractivity contribution in [1.29, 1.82) is 0 Å². The fraction of sp³-hybridized carbons (Fsp3) is 0.377. The van der Waals surface area contributed by atoms with Gasteiger partial charge in [0.05, 0.1) is 108 Å². The van der Waals surface area contributed by atoms with E-state index >= 15 is 0 Å². The molecule has 22 rings (SSSR count). The quantitative estimate of drug-likeness (QED) is 0.0319. The number of benzene rings is 11. The molecule has 0 spiro atoms. The van der Waals surface area contributed by atoms with Crippen molar-refractivity contribution in [2.45, 2.75) is 102 Å². The number of piperazine rings is 5. The first-order valence-corrected chi connectivity index (χ1v) is 55.7. The van der Waals surface area contributed by atoms with Crippen molar-refractivity contribution in [3.63, 3.8) is 0 Å². The maximum Gasteiger partial charge on any atom is 0.261 e. The van der Waals surface area contributed by atoms with Gasteiger partial charge in [0.25, 0.3) is 11.8 Å². The number of imide groups is 1. The molecule has 0 bridgehead atoms. The minimum Gasteiger partial charge on any atom is -0.369 e. The molecular weight excluding hydrogens is 1890 g/mol. The summed E-state index contributed by atoms with van der Waals surface area (Å²) in [5.74, 6) is -1.04. The Bertz CT molecular complexity index is 6170. The Hall–Kier alpha value is -10.9. The van der Waals surface area contributed by atoms with Crippen molar-refractivity contribution in [2.75, 3.05) is 254 Å². The van der Waals surface area contributed by atoms with Crippen LogP contribution in [0.1, 0.15) is 69.5 Å². The summed E-state index contributed by atoms with van der Waals surface area (Å²) in [4.78, 5) is 106. The zero-order valence-electron chi connectivity index (χ0n) is 83.4. The fourth-order valence-corrected chi connectivity index (χ4v) is 26.7. The van der Waals surface area contributed by atoms with Crippen LogP contribution in [-0.4, -0.2) is 312 Å². The van der Waals surface area contributed by atoms with E-state index in [4.69, 9.17) is 17.2 Å². The van der Waals surface area contributed by atoms with E-state index < -0.39 is 10.8 Å². The predicted molar refractivity (Wildman–Crippen MR) is 588 cm³/mol. The lowest BCUT2D eigenvalue weighted by Crippen LogP contribution is -2.49. The predicted octanol–water partition coefficient (Wildman–Crippen LogP) is 16.5. The first-order chi connectivity index (χ1) is 70.3. The van der Waals surface area contributed by atoms with E-state index in [0.717, 1.165) is 230 Å². The maximum atomic E-state index is 12.9. The molecule has 0 aromatic heterocycles. The summed E-state index contributed by atoms with van der Waals surface area (Å²) in [6.07, 6.45) is 5.55. The number of fused-ring (bicyclic) bond motifs is 11. The average molecular weight is 2030 g/mol. The van der Waals surface area contributed by atoms with E-state index in [1.54, 1.807) is 12.1 Å². The van der Waals surface area contributed by atoms with Crippen molar-refractivity contribution >= 4 is 144 Å². The zero-order valence-corrected chi connectivity index (χ0v) is 87.5. The number of anilines is 10. The summed E-state index contributed by atoms with van der Waals surface area (Å²) in [6, 6.07) is 87.0. The van der Waals surface area contributed by atoms with Crippen molar-refractivity contribution in [2.24, 2.45) is 17.2 Å². The minimum atomic E-state index is -1.13. The summed E-state index contributed by atoms with van der Waals surface area (Å²) in [5.41, 5.74) is 33.6. The maximum absolute atomic E-state index is 12.9. The average Bonchev–Trinajstić information content (AvgIpc) is 1.19. The van der Waals surface area contributed by atoms with E-state index in [0.29, 0.717) is 37.3 Å². The third kappa shape index (κ3) is 26.2. The van der Waals surface area contributed by atoms with Gasteiger partial charge in [-0.25, -0.2) is 4.21 Å². The van der Waals surface area contributed by atoms with Gasteiger partial charge >= 0.3 is 0 Å². The summed E-state index contributed by atoms with van der Waals surface area (Å²) >= 11 is 7.48. The highest BCUT2D eigenvalue weighted by atomic mass is 32.2. The highest BCUT2D eigenvalue weighted by Crippen LogP contribution is 2.53. The van der Waals surface area contributed by atoms with E-state index in [9.17, 15) is 28.2 Å². The second-order valence-electron chi connectivity index (χ2n) is 38.7. The highest BCUT2D eigenvalue weighted by molar-refractivity contribution is 8.00. The molecule has 7 N–H and O–H groups in total. The molecule has 0 unspecified atom stereocenters. The highest BCUT2D eigenvalue weighted by Gasteiger charge is 2.37. The van der Waals surface area contributed by atoms with E-state index in [1.807, 2.05) is 95.6 Å². The van der Waals surface area contributed by atoms with E-state index in [1.165, 1.54) is 132 Å². The molecule has 0 radical (unpaired) electrons. The Morgan fingerprint density at radius 2 is 0.486 bits per heavy atom. The van der Waals surface area contributed by atoms with Gasteiger partial charge < -0.3 is 71.5 Å². The molecular formula is C114H137N19O6S5. The van der Waals surface area contributed by atoms with Gasteiger partial charge in [-0.1, -0.05) is 162 Å². The Kier molecular flexibility index (Phi) is 35.8. The molecule has 754 valence electrons. The standard InChI is InChI=1S/C30H32N4O2S.C22H28N4OS.C21H26N4O2S.C21H26N4OS.C20H25N3S/c1-22-11-12-28-26(21-22)33(25-9-4-5-10-27(25)37-28)14-6-13-31-15-17-32(18-16-31)19-20-34-29(35)23-7-2-3-8-24(23)30(34)36;1-17-7-8-21-19(15-17)26(18-5-2-3-6-20(18)28-21)10-4-9-24-11-13-25(14-12-24)16-22(23)27;22-21(26)16-24-14-12-23(13-15-24)10-5-11-25-17-6-1-3-8-19(17)28(27)20-9-4-2-7-18(20)25;22-21(26)16-24-14-12-23(13-15-24)10-5-11-25-17-6-1-3-8-19(17)27-20-9-4-2-7-18(20)25;1-16-7-8-20-18(15-16)23(17-5-2-3-6-19(17)24-20)12-4-11-22-13-9-21-10-14-22/h2-5,7-12,21H,6,13-20H2,1H3;2-3,5-8,15H,4,9-14,16H2,1H3,(H2,23,27);1-4,6-9H,5,10-16H2,(H2,22,26);1-4,6-9H,5,10-16H2,(H2,22,26);2-3,5-8,15,21H,4,9-14H2,1H3. The molecule has 11 aromatic rings. The molecule has 25 nitrogen and oxygen atoms in total. The third-order valence-corrected chi connectivity index (χ3v) is 34.6. The number of rotatable bonds is 29. The van der Waals surface area contributed by atoms with Crippen LogP contribution in [0.5, 0.6) is 0 Å². The largest absolute Gasteiger partial charge is 0.369 e. The molecule has 5 saturated heterocycles. The summed E-state index contributed by atoms with van der Waals surface area (Å²) in [6.45, 7) is 39.3. The van der Waals surface area contributed by atoms with Crippen LogP contribution in [0.25, 0.3) is 0 Å². The van der Waals surface area contributed by atoms with Gasteiger partial charge in [0.2, 0.25) is 17.7 Å². The first-order valence-electron chi connectivity index (χ1n) is 51.3. The Morgan fingerprint density at radius 1 is 0.257 bits per heavy atom. The molecule has 11 aliphatic rings. The van der Waals surface area contributed by atoms with Gasteiger partial charge in [0.15, 0.2) is 0 Å². The molecule has 11 heterocycles. The van der Waals surface area contributed by atoms with Crippen LogP contribution in [0, 0.1) is 20.8 Å². The van der Waals surface area contributed by atoms with Crippen LogP contribution in [0.4, 0.5) is 56.9 Å². The van der Waals surface area contributed by atoms with Gasteiger partial charge in [0.1, 0.15) is 0 Å². The lowest BCUT2D eigenvalue weighted by molar-refractivity contribution is -0.120. The number of nitrogens with two attached hydrogens (primary N) is 3. The lowest BCUT2D eigenvalue weighted by atomic mass is 10.1. The molecule has 11 aromatic carbocycles. The van der Waals surface area contributed by atoms with E-state index in [2.05, 4.69) is 283 Å². The number of para-hydroxylation sites is 7. The van der Waals surface area contributed by atoms with Crippen molar-refractivity contribution in [3.8, 4) is 0 Å². The Balaban J connectivity index is 0.000000119. The Morgan fingerprint density at radius 3 is 0.778 bits per heavy atom. The Labute approximate surface area is 869 Å². The number of nitrogens with zero attached hydrogens (tertiary/aromatic N) is 15. The zero-order chi connectivity index (χ0) is 99.4. The first kappa shape index (κ1) is 103. The molecule has 144 heavy (non-hydrogen) atoms. The van der Waals surface area contributed by atoms with Crippen LogP contribution in [-0.2, 0) is 25.2 Å². The third-order valence-electron chi connectivity index (χ3n) is 28.6. The molecule has 0 aliphatic carbocycles. The second-order valence-corrected chi connectivity index (χ2v) is 44.5. The minimum absolute atomic E-state index is 0.159. The number of carbonyl (C=O) groups is 5. The van der Waals surface area contributed by atoms with Crippen LogP contribution in [0.2, 0.25) is 0 Å². The number of amides is 5. The van der Waals surface area contributed by atoms with Gasteiger partial charge in [-0.15, -0.1) is 0 Å². The van der Waals surface area contributed by atoms with Gasteiger partial charge in [-0.2, -0.15) is 0 Å². The van der Waals surface area contributed by atoms with E-state index in [-0.39, 0.29) is 29.5 Å². The number of primary amides is 3. The van der Waals surface area contributed by atoms with Crippen LogP contribution in [0.3, 0.4) is 0 Å². The monoisotopic (exact) mass is 2030 g/mol. The summed E-state index contributed by atoms with van der Waals surface area (Å²) in [7, 11) is -1.13. The normalized spacial score (nSPS) is 17.5. The molecule has 0 atom stereocenters. The van der Waals surface area contributed by atoms with Gasteiger partial charge in [-0.05, 0) is 236 Å². The molecule has 30 heteroatoms. The van der Waals surface area contributed by atoms with Gasteiger partial charge in [-0.3, -0.25) is 48.5 Å². The lowest BCUT2D eigenvalue weighted by Gasteiger charge is -2.36. The van der Waals surface area contributed by atoms with Crippen molar-refractivity contribution < 1.29 is 28.2 Å². The van der Waals surface area contributed by atoms with Crippen LogP contribution >= 0.6 is 47.0 Å². The van der Waals surface area contributed by atoms with Gasteiger partial charge in [0, 0.05) is 216 Å². The SMILES string of the molecule is Cc1ccc2c(c1)N(CCCN1CCN(CC(N)=O)CC1)c1ccccc1S2.Cc1ccc2c(c1)N(CCCN1CCN(CCN3C(=O)c4ccccc4C3=O)CC1)c1ccccc1S2.Cc1ccc2c(c1)N(CCCN1CCNCC1)c1ccccc1S2.NC(=O)CN1CCN(CCCN2c3ccccc3S(=O)c3ccccc32)CC1.NC(=O)CN1CCN(CCCN2c3ccccc3Sc3ccccc32)CC1. The number of hydrogen-bond donors (Lipinski definition) is 4. The molecule has 5 amide bonds. The topological polar surface area (TPSA) is 241 Å². The summed E-state index contributed by atoms with van der Waals surface area (Å²) < 4.78 is 12.9. The number of aryl methyl sites for hydroxylation is 3. The van der Waals surface area contributed by atoms with Crippen LogP contribution < -0.4 is 47.0 Å². The molecule has 11 aliphatic heterocycles. The molecule has 0 saturated carbocycles. The second kappa shape index (κ2) is 50.0. The van der Waals surface area contributed by atoms with Crippen LogP contribution in [0.15, 0.2) is 298 Å². The van der Waals surface area contributed by atoms with Crippen molar-refractivity contribution in [1.82, 2.24) is 54.3 Å². The molecule has 5 fully saturated rings. The summed E-state index contributed by atoms with van der Waals surface area (Å²) in [5, 5.41) is 3.43. The fourth-order valence-electron chi connectivity index (χ4n) is 21.0.